The molecule has 1 aromatic carbocycles. The molecule has 0 aliphatic carbocycles. The Hall–Kier alpha value is -2.93. The molecule has 126 valence electrons. The van der Waals surface area contributed by atoms with Crippen LogP contribution < -0.4 is 10.6 Å². The molecule has 4 rings (SSSR count). The predicted octanol–water partition coefficient (Wildman–Crippen LogP) is 2.61. The highest BCUT2D eigenvalue weighted by Crippen LogP contribution is 2.25. The molecule has 3 aromatic rings. The van der Waals surface area contributed by atoms with E-state index in [-0.39, 0.29) is 11.8 Å². The first kappa shape index (κ1) is 15.6. The average Bonchev–Trinajstić information content (AvgIpc) is 3.33. The number of benzene rings is 1. The Morgan fingerprint density at radius 2 is 2.24 bits per heavy atom. The van der Waals surface area contributed by atoms with Gasteiger partial charge >= 0.3 is 0 Å². The van der Waals surface area contributed by atoms with Crippen LogP contribution in [0.1, 0.15) is 21.6 Å². The molecule has 3 N–H and O–H groups in total. The molecule has 0 radical (unpaired) electrons. The zero-order chi connectivity index (χ0) is 17.2. The lowest BCUT2D eigenvalue weighted by Gasteiger charge is -2.07. The van der Waals surface area contributed by atoms with E-state index in [0.29, 0.717) is 24.9 Å². The molecule has 2 amide bonds. The van der Waals surface area contributed by atoms with E-state index in [9.17, 15) is 9.59 Å². The van der Waals surface area contributed by atoms with Crippen LogP contribution >= 0.6 is 11.3 Å². The summed E-state index contributed by atoms with van der Waals surface area (Å²) in [5.74, 6) is -0.174. The van der Waals surface area contributed by atoms with Crippen molar-refractivity contribution in [3.8, 4) is 10.6 Å². The number of carbonyl (C=O) groups excluding carboxylic acids is 2. The second-order valence-electron chi connectivity index (χ2n) is 5.81. The molecule has 25 heavy (non-hydrogen) atoms. The lowest BCUT2D eigenvalue weighted by atomic mass is 10.1. The molecule has 0 saturated heterocycles. The maximum Gasteiger partial charge on any atom is 0.251 e. The van der Waals surface area contributed by atoms with Crippen molar-refractivity contribution in [3.63, 3.8) is 0 Å². The van der Waals surface area contributed by atoms with Crippen LogP contribution in [0.3, 0.4) is 0 Å². The second kappa shape index (κ2) is 6.52. The Bertz CT molecular complexity index is 930. The van der Waals surface area contributed by atoms with E-state index >= 15 is 0 Å². The van der Waals surface area contributed by atoms with Gasteiger partial charge in [-0.3, -0.25) is 9.59 Å². The van der Waals surface area contributed by atoms with E-state index in [1.54, 1.807) is 35.9 Å². The van der Waals surface area contributed by atoms with Gasteiger partial charge in [-0.15, -0.1) is 11.3 Å². The Kier molecular flexibility index (Phi) is 4.07. The lowest BCUT2D eigenvalue weighted by Crippen LogP contribution is -2.26. The van der Waals surface area contributed by atoms with Gasteiger partial charge < -0.3 is 15.6 Å². The summed E-state index contributed by atoms with van der Waals surface area (Å²) in [6.07, 6.45) is 2.68. The molecule has 1 aliphatic heterocycles. The summed E-state index contributed by atoms with van der Waals surface area (Å²) in [5, 5.41) is 7.70. The molecule has 7 heteroatoms. The molecule has 0 atom stereocenters. The number of nitrogens with zero attached hydrogens (tertiary/aromatic N) is 1. The van der Waals surface area contributed by atoms with Gasteiger partial charge in [-0.25, -0.2) is 4.98 Å². The summed E-state index contributed by atoms with van der Waals surface area (Å²) in [6, 6.07) is 9.30. The van der Waals surface area contributed by atoms with Crippen LogP contribution in [0, 0.1) is 0 Å². The predicted molar refractivity (Wildman–Crippen MR) is 96.7 cm³/mol. The summed E-state index contributed by atoms with van der Waals surface area (Å²) < 4.78 is 0. The summed E-state index contributed by atoms with van der Waals surface area (Å²) in [6.45, 7) is 0.508. The number of H-pyrrole nitrogens is 1. The van der Waals surface area contributed by atoms with Gasteiger partial charge in [0.2, 0.25) is 5.91 Å². The number of imidazole rings is 1. The molecule has 3 heterocycles. The van der Waals surface area contributed by atoms with Crippen molar-refractivity contribution in [2.24, 2.45) is 0 Å². The Balaban J connectivity index is 1.38. The molecule has 2 aromatic heterocycles. The molecule has 0 saturated carbocycles. The fourth-order valence-corrected chi connectivity index (χ4v) is 3.66. The maximum atomic E-state index is 12.3. The zero-order valence-electron chi connectivity index (χ0n) is 13.3. The van der Waals surface area contributed by atoms with E-state index < -0.39 is 0 Å². The summed E-state index contributed by atoms with van der Waals surface area (Å²) >= 11 is 1.64. The molecular formula is C18H16N4O2S. The van der Waals surface area contributed by atoms with Crippen LogP contribution in [0.15, 0.2) is 42.0 Å². The fourth-order valence-electron chi connectivity index (χ4n) is 2.91. The Labute approximate surface area is 148 Å². The minimum Gasteiger partial charge on any atom is -0.352 e. The van der Waals surface area contributed by atoms with Crippen molar-refractivity contribution in [2.45, 2.75) is 12.8 Å². The van der Waals surface area contributed by atoms with Crippen molar-refractivity contribution in [3.05, 3.63) is 58.9 Å². The summed E-state index contributed by atoms with van der Waals surface area (Å²) in [5.41, 5.74) is 4.17. The molecular weight excluding hydrogens is 336 g/mol. The number of fused-ring (bicyclic) bond motifs is 1. The topological polar surface area (TPSA) is 86.9 Å². The number of rotatable bonds is 5. The van der Waals surface area contributed by atoms with Crippen LogP contribution in [-0.4, -0.2) is 28.3 Å². The number of aromatic amines is 1. The number of hydrogen-bond acceptors (Lipinski definition) is 4. The van der Waals surface area contributed by atoms with Gasteiger partial charge in [-0.2, -0.15) is 0 Å². The largest absolute Gasteiger partial charge is 0.352 e. The summed E-state index contributed by atoms with van der Waals surface area (Å²) in [4.78, 5) is 32.3. The zero-order valence-corrected chi connectivity index (χ0v) is 14.2. The van der Waals surface area contributed by atoms with Gasteiger partial charge in [0.25, 0.3) is 5.91 Å². The highest BCUT2D eigenvalue weighted by molar-refractivity contribution is 7.13. The number of hydrogen-bond donors (Lipinski definition) is 3. The molecule has 1 aliphatic rings. The van der Waals surface area contributed by atoms with Gasteiger partial charge in [0, 0.05) is 29.9 Å². The first-order valence-electron chi connectivity index (χ1n) is 7.98. The normalized spacial score (nSPS) is 12.7. The SMILES string of the molecule is O=C1Cc2cc(C(=O)NCCc3[nH]cnc3-c3cccs3)ccc2N1. The van der Waals surface area contributed by atoms with Crippen LogP contribution in [0.4, 0.5) is 5.69 Å². The van der Waals surface area contributed by atoms with E-state index in [1.165, 1.54) is 0 Å². The number of aromatic nitrogens is 2. The lowest BCUT2D eigenvalue weighted by molar-refractivity contribution is -0.115. The van der Waals surface area contributed by atoms with Crippen LogP contribution in [0.2, 0.25) is 0 Å². The first-order chi connectivity index (χ1) is 12.2. The average molecular weight is 352 g/mol. The number of carbonyl (C=O) groups is 2. The molecule has 0 spiro atoms. The van der Waals surface area contributed by atoms with Crippen molar-refractivity contribution >= 4 is 28.8 Å². The first-order valence-corrected chi connectivity index (χ1v) is 8.86. The van der Waals surface area contributed by atoms with E-state index in [4.69, 9.17) is 0 Å². The number of anilines is 1. The Morgan fingerprint density at radius 3 is 3.08 bits per heavy atom. The third-order valence-electron chi connectivity index (χ3n) is 4.13. The van der Waals surface area contributed by atoms with Gasteiger partial charge in [0.1, 0.15) is 5.69 Å². The minimum absolute atomic E-state index is 0.0343. The molecule has 6 nitrogen and oxygen atoms in total. The molecule has 0 fully saturated rings. The molecule has 0 bridgehead atoms. The number of thiophene rings is 1. The Morgan fingerprint density at radius 1 is 1.32 bits per heavy atom. The van der Waals surface area contributed by atoms with Gasteiger partial charge in [-0.05, 0) is 35.2 Å². The monoisotopic (exact) mass is 352 g/mol. The van der Waals surface area contributed by atoms with Crippen molar-refractivity contribution in [1.29, 1.82) is 0 Å². The van der Waals surface area contributed by atoms with E-state index in [2.05, 4.69) is 20.6 Å². The smallest absolute Gasteiger partial charge is 0.251 e. The number of nitrogens with one attached hydrogen (secondary N) is 3. The van der Waals surface area contributed by atoms with Gasteiger partial charge in [0.05, 0.1) is 17.6 Å². The van der Waals surface area contributed by atoms with E-state index in [0.717, 1.165) is 27.5 Å². The van der Waals surface area contributed by atoms with Crippen LogP contribution in [0.5, 0.6) is 0 Å². The van der Waals surface area contributed by atoms with E-state index in [1.807, 2.05) is 17.5 Å². The van der Waals surface area contributed by atoms with Crippen molar-refractivity contribution < 1.29 is 9.59 Å². The molecule has 0 unspecified atom stereocenters. The van der Waals surface area contributed by atoms with Crippen molar-refractivity contribution in [1.82, 2.24) is 15.3 Å². The maximum absolute atomic E-state index is 12.3. The van der Waals surface area contributed by atoms with Gasteiger partial charge in [0.15, 0.2) is 0 Å². The third kappa shape index (κ3) is 3.18. The van der Waals surface area contributed by atoms with Crippen LogP contribution in [-0.2, 0) is 17.6 Å². The fraction of sp³-hybridized carbons (Fsp3) is 0.167. The second-order valence-corrected chi connectivity index (χ2v) is 6.76. The quantitative estimate of drug-likeness (QED) is 0.660. The third-order valence-corrected chi connectivity index (χ3v) is 5.00. The van der Waals surface area contributed by atoms with Crippen molar-refractivity contribution in [2.75, 3.05) is 11.9 Å². The highest BCUT2D eigenvalue weighted by atomic mass is 32.1. The standard InChI is InChI=1S/C18H16N4O2S/c23-16-9-12-8-11(3-4-13(12)22-16)18(24)19-6-5-14-17(21-10-20-14)15-2-1-7-25-15/h1-4,7-8,10H,5-6,9H2,(H,19,24)(H,20,21)(H,22,23). The minimum atomic E-state index is -0.140. The highest BCUT2D eigenvalue weighted by Gasteiger charge is 2.19. The summed E-state index contributed by atoms with van der Waals surface area (Å²) in [7, 11) is 0. The number of amides is 2. The van der Waals surface area contributed by atoms with Crippen LogP contribution in [0.25, 0.3) is 10.6 Å². The van der Waals surface area contributed by atoms with Gasteiger partial charge in [-0.1, -0.05) is 6.07 Å².